The first kappa shape index (κ1) is 22.7. The molecule has 0 saturated heterocycles. The van der Waals surface area contributed by atoms with Gasteiger partial charge in [0.2, 0.25) is 5.13 Å². The van der Waals surface area contributed by atoms with E-state index in [0.717, 1.165) is 26.7 Å². The lowest BCUT2D eigenvalue weighted by Crippen LogP contribution is -2.20. The summed E-state index contributed by atoms with van der Waals surface area (Å²) in [7, 11) is 1.30. The Balaban J connectivity index is 1.47. The van der Waals surface area contributed by atoms with Crippen LogP contribution >= 0.6 is 11.3 Å². The molecule has 0 aliphatic rings. The van der Waals surface area contributed by atoms with Crippen LogP contribution in [0, 0.1) is 5.82 Å². The third-order valence-electron chi connectivity index (χ3n) is 5.81. The van der Waals surface area contributed by atoms with Crippen molar-refractivity contribution in [2.24, 2.45) is 4.99 Å². The number of aromatic amines is 2. The average Bonchev–Trinajstić information content (AvgIpc) is 3.54. The lowest BCUT2D eigenvalue weighted by molar-refractivity contribution is -0.139. The summed E-state index contributed by atoms with van der Waals surface area (Å²) in [4.78, 5) is 37.7. The minimum Gasteiger partial charge on any atom is -0.469 e. The van der Waals surface area contributed by atoms with Crippen LogP contribution in [0.15, 0.2) is 58.4 Å². The van der Waals surface area contributed by atoms with Gasteiger partial charge in [-0.15, -0.1) is 0 Å². The average molecular weight is 492 g/mol. The summed E-state index contributed by atoms with van der Waals surface area (Å²) < 4.78 is 20.8. The summed E-state index contributed by atoms with van der Waals surface area (Å²) in [5, 5.41) is 4.32. The number of halogens is 1. The molecule has 3 aromatic heterocycles. The van der Waals surface area contributed by atoms with Crippen molar-refractivity contribution < 1.29 is 13.9 Å². The van der Waals surface area contributed by atoms with E-state index in [1.807, 2.05) is 30.5 Å². The van der Waals surface area contributed by atoms with Crippen LogP contribution in [-0.2, 0) is 22.4 Å². The van der Waals surface area contributed by atoms with E-state index in [2.05, 4.69) is 20.1 Å². The number of nitrogens with one attached hydrogen (secondary N) is 2. The van der Waals surface area contributed by atoms with E-state index in [4.69, 9.17) is 4.74 Å². The summed E-state index contributed by atoms with van der Waals surface area (Å²) in [5.41, 5.74) is 3.47. The number of aromatic nitrogens is 4. The molecule has 178 valence electrons. The van der Waals surface area contributed by atoms with Crippen molar-refractivity contribution in [1.29, 1.82) is 0 Å². The number of hydrogen-bond acceptors (Lipinski definition) is 6. The van der Waals surface area contributed by atoms with Gasteiger partial charge in [0.25, 0.3) is 5.56 Å². The molecular formula is C25H22FN5O3S. The second kappa shape index (κ2) is 9.30. The van der Waals surface area contributed by atoms with E-state index in [1.54, 1.807) is 13.0 Å². The van der Waals surface area contributed by atoms with Gasteiger partial charge in [-0.25, -0.2) is 9.37 Å². The zero-order chi connectivity index (χ0) is 24.5. The van der Waals surface area contributed by atoms with Gasteiger partial charge < -0.3 is 9.72 Å². The fraction of sp³-hybridized carbons (Fsp3) is 0.200. The minimum atomic E-state index is -0.474. The van der Waals surface area contributed by atoms with E-state index in [9.17, 15) is 14.0 Å². The number of thiazole rings is 1. The van der Waals surface area contributed by atoms with E-state index >= 15 is 0 Å². The molecule has 2 aromatic carbocycles. The summed E-state index contributed by atoms with van der Waals surface area (Å²) in [6, 6.07) is 12.2. The summed E-state index contributed by atoms with van der Waals surface area (Å²) >= 11 is 1.37. The van der Waals surface area contributed by atoms with Crippen LogP contribution in [0.1, 0.15) is 23.7 Å². The van der Waals surface area contributed by atoms with Crippen LogP contribution in [0.25, 0.3) is 26.3 Å². The number of nitrogens with zero attached hydrogens (tertiary/aromatic N) is 3. The van der Waals surface area contributed by atoms with Crippen molar-refractivity contribution in [3.05, 3.63) is 81.7 Å². The second-order valence-electron chi connectivity index (χ2n) is 8.04. The predicted octanol–water partition coefficient (Wildman–Crippen LogP) is 4.16. The molecule has 0 bridgehead atoms. The monoisotopic (exact) mass is 491 g/mol. The standard InChI is InChI=1S/C25H22FN5O3S/c1-14(27-10-9-15-13-28-18-8-7-16(26)11-17(15)18)23-20(12-22(32)34-2)30-31(24(23)33)25-29-19-5-3-4-6-21(19)35-25/h3-8,11,13,28,30H,9-10,12H2,1-2H3. The van der Waals surface area contributed by atoms with E-state index in [-0.39, 0.29) is 17.8 Å². The minimum absolute atomic E-state index is 0.104. The summed E-state index contributed by atoms with van der Waals surface area (Å²) in [5.74, 6) is -0.772. The third kappa shape index (κ3) is 4.40. The number of para-hydroxylation sites is 1. The topological polar surface area (TPSA) is 105 Å². The van der Waals surface area contributed by atoms with Gasteiger partial charge in [0.1, 0.15) is 5.82 Å². The molecule has 5 aromatic rings. The van der Waals surface area contributed by atoms with Crippen molar-refractivity contribution in [3.8, 4) is 5.13 Å². The normalized spacial score (nSPS) is 12.0. The molecule has 2 N–H and O–H groups in total. The fourth-order valence-electron chi connectivity index (χ4n) is 4.07. The van der Waals surface area contributed by atoms with Crippen LogP contribution < -0.4 is 5.56 Å². The highest BCUT2D eigenvalue weighted by Crippen LogP contribution is 2.24. The van der Waals surface area contributed by atoms with Gasteiger partial charge in [0.05, 0.1) is 35.0 Å². The first-order valence-electron chi connectivity index (χ1n) is 11.0. The molecule has 0 unspecified atom stereocenters. The lowest BCUT2D eigenvalue weighted by Gasteiger charge is -2.02. The number of aliphatic imine (C=N–C) groups is 1. The van der Waals surface area contributed by atoms with Gasteiger partial charge in [-0.05, 0) is 49.2 Å². The molecule has 0 fully saturated rings. The number of carbonyl (C=O) groups is 1. The Kier molecular flexibility index (Phi) is 6.04. The Labute approximate surface area is 203 Å². The molecule has 0 atom stereocenters. The number of H-pyrrole nitrogens is 2. The quantitative estimate of drug-likeness (QED) is 0.263. The molecule has 0 saturated carbocycles. The molecule has 5 rings (SSSR count). The molecule has 0 spiro atoms. The van der Waals surface area contributed by atoms with Gasteiger partial charge in [0.15, 0.2) is 0 Å². The Morgan fingerprint density at radius 1 is 1.26 bits per heavy atom. The smallest absolute Gasteiger partial charge is 0.311 e. The highest BCUT2D eigenvalue weighted by atomic mass is 32.1. The largest absolute Gasteiger partial charge is 0.469 e. The van der Waals surface area contributed by atoms with Gasteiger partial charge in [-0.3, -0.25) is 19.7 Å². The number of rotatable bonds is 7. The summed E-state index contributed by atoms with van der Waals surface area (Å²) in [6.45, 7) is 2.13. The first-order chi connectivity index (χ1) is 16.9. The molecular weight excluding hydrogens is 469 g/mol. The van der Waals surface area contributed by atoms with Gasteiger partial charge in [-0.1, -0.05) is 23.5 Å². The second-order valence-corrected chi connectivity index (χ2v) is 9.05. The van der Waals surface area contributed by atoms with Gasteiger partial charge in [-0.2, -0.15) is 4.68 Å². The molecule has 0 radical (unpaired) electrons. The predicted molar refractivity (Wildman–Crippen MR) is 134 cm³/mol. The number of ether oxygens (including phenoxy) is 1. The van der Waals surface area contributed by atoms with E-state index in [1.165, 1.54) is 35.3 Å². The lowest BCUT2D eigenvalue weighted by atomic mass is 10.1. The molecule has 35 heavy (non-hydrogen) atoms. The molecule has 10 heteroatoms. The Morgan fingerprint density at radius 3 is 2.89 bits per heavy atom. The SMILES string of the molecule is COC(=O)Cc1[nH]n(-c2nc3ccccc3s2)c(=O)c1C(C)=NCCc1c[nH]c2ccc(F)cc12. The molecule has 3 heterocycles. The van der Waals surface area contributed by atoms with Crippen molar-refractivity contribution >= 4 is 44.1 Å². The number of methoxy groups -OCH3 is 1. The first-order valence-corrected chi connectivity index (χ1v) is 11.8. The number of fused-ring (bicyclic) bond motifs is 2. The highest BCUT2D eigenvalue weighted by molar-refractivity contribution is 7.20. The third-order valence-corrected chi connectivity index (χ3v) is 6.83. The molecule has 8 nitrogen and oxygen atoms in total. The maximum absolute atomic E-state index is 13.7. The number of carbonyl (C=O) groups excluding carboxylic acids is 1. The van der Waals surface area contributed by atoms with Crippen molar-refractivity contribution in [1.82, 2.24) is 19.7 Å². The molecule has 0 amide bonds. The Morgan fingerprint density at radius 2 is 2.09 bits per heavy atom. The Hall–Kier alpha value is -4.05. The van der Waals surface area contributed by atoms with Crippen LogP contribution in [0.5, 0.6) is 0 Å². The summed E-state index contributed by atoms with van der Waals surface area (Å²) in [6.07, 6.45) is 2.30. The van der Waals surface area contributed by atoms with Crippen LogP contribution in [0.3, 0.4) is 0 Å². The number of benzene rings is 2. The number of esters is 1. The zero-order valence-electron chi connectivity index (χ0n) is 19.1. The van der Waals surface area contributed by atoms with Gasteiger partial charge in [0, 0.05) is 29.4 Å². The van der Waals surface area contributed by atoms with Crippen molar-refractivity contribution in [2.75, 3.05) is 13.7 Å². The Bertz CT molecular complexity index is 1610. The fourth-order valence-corrected chi connectivity index (χ4v) is 5.00. The zero-order valence-corrected chi connectivity index (χ0v) is 19.9. The molecule has 0 aliphatic carbocycles. The van der Waals surface area contributed by atoms with E-state index in [0.29, 0.717) is 35.1 Å². The van der Waals surface area contributed by atoms with Gasteiger partial charge >= 0.3 is 5.97 Å². The van der Waals surface area contributed by atoms with Crippen molar-refractivity contribution in [2.45, 2.75) is 19.8 Å². The maximum atomic E-state index is 13.7. The van der Waals surface area contributed by atoms with E-state index < -0.39 is 5.97 Å². The van der Waals surface area contributed by atoms with Crippen LogP contribution in [-0.4, -0.2) is 45.1 Å². The van der Waals surface area contributed by atoms with Crippen molar-refractivity contribution in [3.63, 3.8) is 0 Å². The maximum Gasteiger partial charge on any atom is 0.311 e. The number of hydrogen-bond donors (Lipinski definition) is 2. The van der Waals surface area contributed by atoms with Crippen LogP contribution in [0.2, 0.25) is 0 Å². The molecule has 0 aliphatic heterocycles. The highest BCUT2D eigenvalue weighted by Gasteiger charge is 2.22. The van der Waals surface area contributed by atoms with Crippen LogP contribution in [0.4, 0.5) is 4.39 Å².